The molecule has 0 fully saturated rings. The van der Waals surface area contributed by atoms with E-state index in [-0.39, 0.29) is 23.8 Å². The number of amides is 1. The highest BCUT2D eigenvalue weighted by atomic mass is 79.9. The fourth-order valence-electron chi connectivity index (χ4n) is 3.43. The number of rotatable bonds is 10. The number of halogens is 1. The summed E-state index contributed by atoms with van der Waals surface area (Å²) in [6, 6.07) is 15.7. The number of ether oxygens (including phenoxy) is 4. The smallest absolute Gasteiger partial charge is 0.343 e. The molecule has 0 aliphatic heterocycles. The quantitative estimate of drug-likeness (QED) is 0.147. The summed E-state index contributed by atoms with van der Waals surface area (Å²) in [5, 5.41) is 4.01. The standard InChI is InChI=1S/C28H29BrN2O6/c1-17(2)22-9-6-18(3)12-25(22)36-16-27(32)31-30-15-20-13-21(29)8-11-23(20)37-28(33)19-7-10-24(34-4)26(14-19)35-5/h6-15,17H,16H2,1-5H3,(H,31,32)/b30-15-. The number of nitrogens with zero attached hydrogens (tertiary/aromatic N) is 1. The van der Waals surface area contributed by atoms with Crippen molar-refractivity contribution >= 4 is 34.0 Å². The van der Waals surface area contributed by atoms with Crippen LogP contribution in [0, 0.1) is 6.92 Å². The number of carbonyl (C=O) groups excluding carboxylic acids is 2. The van der Waals surface area contributed by atoms with Crippen molar-refractivity contribution in [2.45, 2.75) is 26.7 Å². The first-order valence-corrected chi connectivity index (χ1v) is 12.3. The molecule has 194 valence electrons. The largest absolute Gasteiger partial charge is 0.493 e. The predicted molar refractivity (Wildman–Crippen MR) is 145 cm³/mol. The van der Waals surface area contributed by atoms with Gasteiger partial charge in [0.25, 0.3) is 5.91 Å². The van der Waals surface area contributed by atoms with Crippen molar-refractivity contribution in [3.8, 4) is 23.0 Å². The topological polar surface area (TPSA) is 95.5 Å². The summed E-state index contributed by atoms with van der Waals surface area (Å²) in [5.41, 5.74) is 5.27. The fourth-order valence-corrected chi connectivity index (χ4v) is 3.81. The van der Waals surface area contributed by atoms with Crippen molar-refractivity contribution in [3.63, 3.8) is 0 Å². The lowest BCUT2D eigenvalue weighted by Gasteiger charge is -2.14. The Hall–Kier alpha value is -3.85. The van der Waals surface area contributed by atoms with E-state index in [0.29, 0.717) is 22.8 Å². The summed E-state index contributed by atoms with van der Waals surface area (Å²) >= 11 is 3.40. The van der Waals surface area contributed by atoms with Gasteiger partial charge in [0.15, 0.2) is 18.1 Å². The summed E-state index contributed by atoms with van der Waals surface area (Å²) in [6.45, 7) is 5.90. The van der Waals surface area contributed by atoms with Crippen molar-refractivity contribution < 1.29 is 28.5 Å². The van der Waals surface area contributed by atoms with Crippen LogP contribution in [0.4, 0.5) is 0 Å². The van der Waals surface area contributed by atoms with Crippen LogP contribution >= 0.6 is 15.9 Å². The molecule has 1 amide bonds. The Morgan fingerprint density at radius 2 is 1.68 bits per heavy atom. The number of carbonyl (C=O) groups is 2. The Bertz CT molecular complexity index is 1310. The SMILES string of the molecule is COc1ccc(C(=O)Oc2ccc(Br)cc2/C=N\NC(=O)COc2cc(C)ccc2C(C)C)cc1OC. The van der Waals surface area contributed by atoms with Gasteiger partial charge in [-0.05, 0) is 66.4 Å². The zero-order valence-corrected chi connectivity index (χ0v) is 22.9. The molecule has 1 N–H and O–H groups in total. The maximum Gasteiger partial charge on any atom is 0.343 e. The molecule has 0 unspecified atom stereocenters. The van der Waals surface area contributed by atoms with Crippen LogP contribution in [-0.2, 0) is 4.79 Å². The van der Waals surface area contributed by atoms with Gasteiger partial charge >= 0.3 is 5.97 Å². The number of hydrogen-bond donors (Lipinski definition) is 1. The molecule has 0 saturated heterocycles. The highest BCUT2D eigenvalue weighted by molar-refractivity contribution is 9.10. The molecule has 0 spiro atoms. The lowest BCUT2D eigenvalue weighted by Crippen LogP contribution is -2.25. The summed E-state index contributed by atoms with van der Waals surface area (Å²) in [7, 11) is 3.00. The fraction of sp³-hybridized carbons (Fsp3) is 0.250. The number of hydrazone groups is 1. The normalized spacial score (nSPS) is 10.9. The third-order valence-electron chi connectivity index (χ3n) is 5.34. The summed E-state index contributed by atoms with van der Waals surface area (Å²) in [5.74, 6) is 1.09. The van der Waals surface area contributed by atoms with Crippen LogP contribution in [0.1, 0.15) is 46.8 Å². The molecule has 9 heteroatoms. The second kappa shape index (κ2) is 12.9. The van der Waals surface area contributed by atoms with E-state index in [1.54, 1.807) is 30.3 Å². The van der Waals surface area contributed by atoms with Crippen molar-refractivity contribution in [3.05, 3.63) is 81.3 Å². The van der Waals surface area contributed by atoms with Gasteiger partial charge in [-0.15, -0.1) is 0 Å². The lowest BCUT2D eigenvalue weighted by molar-refractivity contribution is -0.123. The number of aryl methyl sites for hydroxylation is 1. The van der Waals surface area contributed by atoms with Gasteiger partial charge in [-0.25, -0.2) is 10.2 Å². The maximum atomic E-state index is 12.8. The van der Waals surface area contributed by atoms with Crippen LogP contribution < -0.4 is 24.4 Å². The van der Waals surface area contributed by atoms with E-state index in [0.717, 1.165) is 15.6 Å². The minimum Gasteiger partial charge on any atom is -0.493 e. The molecular formula is C28H29BrN2O6. The van der Waals surface area contributed by atoms with Crippen LogP contribution in [0.25, 0.3) is 0 Å². The molecule has 8 nitrogen and oxygen atoms in total. The van der Waals surface area contributed by atoms with E-state index in [1.807, 2.05) is 25.1 Å². The Morgan fingerprint density at radius 1 is 0.946 bits per heavy atom. The van der Waals surface area contributed by atoms with Gasteiger partial charge in [0.05, 0.1) is 26.0 Å². The Kier molecular flexibility index (Phi) is 9.68. The van der Waals surface area contributed by atoms with Gasteiger partial charge in [0, 0.05) is 10.0 Å². The Labute approximate surface area is 224 Å². The molecule has 37 heavy (non-hydrogen) atoms. The van der Waals surface area contributed by atoms with E-state index in [2.05, 4.69) is 40.3 Å². The number of benzene rings is 3. The number of nitrogens with one attached hydrogen (secondary N) is 1. The third-order valence-corrected chi connectivity index (χ3v) is 5.83. The van der Waals surface area contributed by atoms with Crippen LogP contribution in [0.5, 0.6) is 23.0 Å². The second-order valence-electron chi connectivity index (χ2n) is 8.42. The minimum absolute atomic E-state index is 0.194. The Balaban J connectivity index is 1.67. The molecule has 0 aliphatic carbocycles. The molecule has 0 aromatic heterocycles. The molecule has 0 bridgehead atoms. The van der Waals surface area contributed by atoms with E-state index in [1.165, 1.54) is 26.5 Å². The highest BCUT2D eigenvalue weighted by Crippen LogP contribution is 2.29. The van der Waals surface area contributed by atoms with Crippen LogP contribution in [-0.4, -0.2) is 38.9 Å². The molecule has 3 rings (SSSR count). The van der Waals surface area contributed by atoms with Crippen LogP contribution in [0.2, 0.25) is 0 Å². The average Bonchev–Trinajstić information content (AvgIpc) is 2.88. The number of esters is 1. The monoisotopic (exact) mass is 568 g/mol. The average molecular weight is 569 g/mol. The Morgan fingerprint density at radius 3 is 2.38 bits per heavy atom. The van der Waals surface area contributed by atoms with Crippen molar-refractivity contribution in [2.75, 3.05) is 20.8 Å². The lowest BCUT2D eigenvalue weighted by atomic mass is 10.0. The van der Waals surface area contributed by atoms with Crippen LogP contribution in [0.3, 0.4) is 0 Å². The van der Waals surface area contributed by atoms with Gasteiger partial charge < -0.3 is 18.9 Å². The van der Waals surface area contributed by atoms with Gasteiger partial charge in [-0.1, -0.05) is 41.9 Å². The summed E-state index contributed by atoms with van der Waals surface area (Å²) in [6.07, 6.45) is 1.39. The zero-order chi connectivity index (χ0) is 26.9. The molecule has 3 aromatic rings. The maximum absolute atomic E-state index is 12.8. The first-order chi connectivity index (χ1) is 17.7. The molecule has 3 aromatic carbocycles. The first kappa shape index (κ1) is 27.7. The van der Waals surface area contributed by atoms with E-state index < -0.39 is 11.9 Å². The molecule has 0 aliphatic rings. The number of hydrogen-bond acceptors (Lipinski definition) is 7. The second-order valence-corrected chi connectivity index (χ2v) is 9.33. The van der Waals surface area contributed by atoms with Gasteiger partial charge in [0.2, 0.25) is 0 Å². The summed E-state index contributed by atoms with van der Waals surface area (Å²) in [4.78, 5) is 25.1. The minimum atomic E-state index is -0.588. The number of methoxy groups -OCH3 is 2. The van der Waals surface area contributed by atoms with E-state index >= 15 is 0 Å². The third kappa shape index (κ3) is 7.57. The molecule has 0 atom stereocenters. The van der Waals surface area contributed by atoms with Crippen molar-refractivity contribution in [1.82, 2.24) is 5.43 Å². The van der Waals surface area contributed by atoms with Gasteiger partial charge in [-0.3, -0.25) is 4.79 Å². The molecule has 0 radical (unpaired) electrons. The molecule has 0 saturated carbocycles. The first-order valence-electron chi connectivity index (χ1n) is 11.5. The van der Waals surface area contributed by atoms with Crippen LogP contribution in [0.15, 0.2) is 64.2 Å². The van der Waals surface area contributed by atoms with Crippen molar-refractivity contribution in [1.29, 1.82) is 0 Å². The van der Waals surface area contributed by atoms with E-state index in [4.69, 9.17) is 18.9 Å². The van der Waals surface area contributed by atoms with Gasteiger partial charge in [-0.2, -0.15) is 5.10 Å². The molecule has 0 heterocycles. The molecular weight excluding hydrogens is 540 g/mol. The van der Waals surface area contributed by atoms with Gasteiger partial charge in [0.1, 0.15) is 11.5 Å². The van der Waals surface area contributed by atoms with E-state index in [9.17, 15) is 9.59 Å². The predicted octanol–water partition coefficient (Wildman–Crippen LogP) is 5.65. The highest BCUT2D eigenvalue weighted by Gasteiger charge is 2.15. The van der Waals surface area contributed by atoms with Crippen molar-refractivity contribution in [2.24, 2.45) is 5.10 Å². The summed E-state index contributed by atoms with van der Waals surface area (Å²) < 4.78 is 22.5. The zero-order valence-electron chi connectivity index (χ0n) is 21.3.